The summed E-state index contributed by atoms with van der Waals surface area (Å²) in [5, 5.41) is 13.8. The number of piperidine rings is 1. The molecule has 68 valence electrons. The van der Waals surface area contributed by atoms with E-state index in [2.05, 4.69) is 5.32 Å². The number of rotatable bonds is 0. The van der Waals surface area contributed by atoms with Gasteiger partial charge in [0.2, 0.25) is 0 Å². The predicted octanol–water partition coefficient (Wildman–Crippen LogP) is 0.0291. The number of hydrogen-bond donors (Lipinski definition) is 2. The van der Waals surface area contributed by atoms with Crippen LogP contribution in [0.2, 0.25) is 0 Å². The van der Waals surface area contributed by atoms with E-state index in [0.717, 1.165) is 24.4 Å². The quantitative estimate of drug-likeness (QED) is 0.527. The van der Waals surface area contributed by atoms with Crippen molar-refractivity contribution in [2.45, 2.75) is 24.3 Å². The van der Waals surface area contributed by atoms with Gasteiger partial charge in [0, 0.05) is 5.25 Å². The van der Waals surface area contributed by atoms with Crippen LogP contribution in [-0.4, -0.2) is 39.9 Å². The maximum atomic E-state index is 11.1. The van der Waals surface area contributed by atoms with Gasteiger partial charge in [-0.1, -0.05) is 0 Å². The molecule has 0 spiro atoms. The summed E-state index contributed by atoms with van der Waals surface area (Å²) in [7, 11) is 0. The fraction of sp³-hybridized carbons (Fsp3) is 0.857. The molecular weight excluding hydrogens is 176 g/mol. The number of hydroxylamine groups is 2. The normalized spacial score (nSPS) is 36.4. The molecule has 2 saturated heterocycles. The molecule has 0 bridgehead atoms. The molecule has 12 heavy (non-hydrogen) atoms. The second-order valence-corrected chi connectivity index (χ2v) is 4.36. The first-order chi connectivity index (χ1) is 5.79. The lowest BCUT2D eigenvalue weighted by Gasteiger charge is -2.39. The number of thioether (sulfide) groups is 1. The van der Waals surface area contributed by atoms with Crippen LogP contribution in [0.3, 0.4) is 0 Å². The van der Waals surface area contributed by atoms with Gasteiger partial charge in [0.05, 0.1) is 5.75 Å². The van der Waals surface area contributed by atoms with E-state index in [1.54, 1.807) is 11.8 Å². The molecule has 2 rings (SSSR count). The van der Waals surface area contributed by atoms with Gasteiger partial charge < -0.3 is 0 Å². The highest BCUT2D eigenvalue weighted by atomic mass is 32.2. The van der Waals surface area contributed by atoms with Crippen molar-refractivity contribution in [1.29, 1.82) is 0 Å². The monoisotopic (exact) mass is 188 g/mol. The van der Waals surface area contributed by atoms with Gasteiger partial charge in [-0.2, -0.15) is 0 Å². The minimum atomic E-state index is -0.185. The Bertz CT molecular complexity index is 200. The first kappa shape index (κ1) is 8.34. The Morgan fingerprint density at radius 2 is 2.50 bits per heavy atom. The summed E-state index contributed by atoms with van der Waals surface area (Å²) in [5.74, 6) is 0.231. The number of carbonyl (C=O) groups is 1. The summed E-state index contributed by atoms with van der Waals surface area (Å²) in [6.07, 6.45) is 2.08. The zero-order valence-electron chi connectivity index (χ0n) is 6.69. The number of carbonyl (C=O) groups excluding carboxylic acids is 1. The van der Waals surface area contributed by atoms with Crippen LogP contribution in [0.15, 0.2) is 0 Å². The maximum absolute atomic E-state index is 11.1. The molecule has 0 aromatic rings. The van der Waals surface area contributed by atoms with Gasteiger partial charge in [-0.3, -0.25) is 15.3 Å². The van der Waals surface area contributed by atoms with Crippen molar-refractivity contribution in [3.63, 3.8) is 0 Å². The molecule has 2 atom stereocenters. The highest BCUT2D eigenvalue weighted by molar-refractivity contribution is 8.00. The van der Waals surface area contributed by atoms with E-state index in [4.69, 9.17) is 0 Å². The fourth-order valence-corrected chi connectivity index (χ4v) is 2.88. The third-order valence-corrected chi connectivity index (χ3v) is 3.65. The molecule has 4 nitrogen and oxygen atoms in total. The van der Waals surface area contributed by atoms with Gasteiger partial charge in [0.15, 0.2) is 0 Å². The molecule has 1 amide bonds. The number of nitrogens with zero attached hydrogens (tertiary/aromatic N) is 1. The van der Waals surface area contributed by atoms with Crippen LogP contribution in [-0.2, 0) is 4.79 Å². The summed E-state index contributed by atoms with van der Waals surface area (Å²) in [6, 6.07) is 0. The highest BCUT2D eigenvalue weighted by Gasteiger charge is 2.36. The summed E-state index contributed by atoms with van der Waals surface area (Å²) < 4.78 is 0. The van der Waals surface area contributed by atoms with Crippen LogP contribution < -0.4 is 5.32 Å². The van der Waals surface area contributed by atoms with Gasteiger partial charge in [-0.25, -0.2) is 5.06 Å². The topological polar surface area (TPSA) is 52.6 Å². The van der Waals surface area contributed by atoms with E-state index in [1.807, 2.05) is 0 Å². The number of nitrogens with one attached hydrogen (secondary N) is 1. The van der Waals surface area contributed by atoms with Crippen LogP contribution >= 0.6 is 11.8 Å². The molecule has 0 aromatic heterocycles. The minimum Gasteiger partial charge on any atom is -0.294 e. The average Bonchev–Trinajstić information content (AvgIpc) is 2.12. The lowest BCUT2D eigenvalue weighted by atomic mass is 10.1. The molecule has 5 heteroatoms. The van der Waals surface area contributed by atoms with Crippen LogP contribution in [0.4, 0.5) is 0 Å². The fourth-order valence-electron chi connectivity index (χ4n) is 1.66. The molecular formula is C7H12N2O2S. The van der Waals surface area contributed by atoms with Crippen molar-refractivity contribution in [2.75, 3.05) is 12.3 Å². The Morgan fingerprint density at radius 1 is 1.67 bits per heavy atom. The Hall–Kier alpha value is -0.260. The van der Waals surface area contributed by atoms with Crippen molar-refractivity contribution in [2.24, 2.45) is 0 Å². The first-order valence-electron chi connectivity index (χ1n) is 4.15. The Kier molecular flexibility index (Phi) is 2.25. The summed E-state index contributed by atoms with van der Waals surface area (Å²) in [5.41, 5.74) is 0. The van der Waals surface area contributed by atoms with Gasteiger partial charge >= 0.3 is 0 Å². The maximum Gasteiger partial charge on any atom is 0.257 e. The summed E-state index contributed by atoms with van der Waals surface area (Å²) in [4.78, 5) is 11.1. The molecule has 0 aromatic carbocycles. The lowest BCUT2D eigenvalue weighted by molar-refractivity contribution is -0.178. The van der Waals surface area contributed by atoms with Gasteiger partial charge in [-0.15, -0.1) is 11.8 Å². The molecule has 2 unspecified atom stereocenters. The van der Waals surface area contributed by atoms with Crippen LogP contribution in [0.25, 0.3) is 0 Å². The average molecular weight is 188 g/mol. The Labute approximate surface area is 75.3 Å². The molecule has 2 aliphatic rings. The third kappa shape index (κ3) is 1.32. The smallest absolute Gasteiger partial charge is 0.257 e. The number of amides is 1. The van der Waals surface area contributed by atoms with Gasteiger partial charge in [0.25, 0.3) is 5.91 Å². The standard InChI is InChI=1S/C7H12N2O2S/c10-6-4-12-5-2-1-3-8-7(5)9(6)11/h5,7-8,11H,1-4H2. The van der Waals surface area contributed by atoms with Gasteiger partial charge in [0.1, 0.15) is 6.17 Å². The molecule has 0 saturated carbocycles. The van der Waals surface area contributed by atoms with E-state index >= 15 is 0 Å². The second kappa shape index (κ2) is 3.24. The molecule has 0 radical (unpaired) electrons. The lowest BCUT2D eigenvalue weighted by Crippen LogP contribution is -2.58. The first-order valence-corrected chi connectivity index (χ1v) is 5.20. The largest absolute Gasteiger partial charge is 0.294 e. The Morgan fingerprint density at radius 3 is 3.33 bits per heavy atom. The van der Waals surface area contributed by atoms with E-state index in [0.29, 0.717) is 11.0 Å². The van der Waals surface area contributed by atoms with E-state index in [1.165, 1.54) is 0 Å². The molecule has 2 aliphatic heterocycles. The van der Waals surface area contributed by atoms with E-state index in [9.17, 15) is 10.0 Å². The predicted molar refractivity (Wildman–Crippen MR) is 45.9 cm³/mol. The van der Waals surface area contributed by atoms with Crippen molar-refractivity contribution in [3.05, 3.63) is 0 Å². The Balaban J connectivity index is 2.08. The second-order valence-electron chi connectivity index (χ2n) is 3.13. The number of fused-ring (bicyclic) bond motifs is 1. The van der Waals surface area contributed by atoms with Gasteiger partial charge in [-0.05, 0) is 19.4 Å². The van der Waals surface area contributed by atoms with Crippen molar-refractivity contribution in [3.8, 4) is 0 Å². The minimum absolute atomic E-state index is 0.148. The molecule has 2 N–H and O–H groups in total. The molecule has 2 fully saturated rings. The zero-order valence-corrected chi connectivity index (χ0v) is 7.51. The highest BCUT2D eigenvalue weighted by Crippen LogP contribution is 2.28. The van der Waals surface area contributed by atoms with Crippen molar-refractivity contribution < 1.29 is 10.0 Å². The van der Waals surface area contributed by atoms with E-state index in [-0.39, 0.29) is 12.1 Å². The summed E-state index contributed by atoms with van der Waals surface area (Å²) in [6.45, 7) is 0.895. The van der Waals surface area contributed by atoms with Crippen molar-refractivity contribution >= 4 is 17.7 Å². The van der Waals surface area contributed by atoms with Crippen LogP contribution in [0.1, 0.15) is 12.8 Å². The van der Waals surface area contributed by atoms with Crippen LogP contribution in [0, 0.1) is 0 Å². The zero-order chi connectivity index (χ0) is 8.55. The molecule has 0 aliphatic carbocycles. The number of hydrogen-bond acceptors (Lipinski definition) is 4. The SMILES string of the molecule is O=C1CSC2CCCNC2N1O. The van der Waals surface area contributed by atoms with E-state index < -0.39 is 0 Å². The van der Waals surface area contributed by atoms with Crippen LogP contribution in [0.5, 0.6) is 0 Å². The molecule has 2 heterocycles. The van der Waals surface area contributed by atoms with Crippen molar-refractivity contribution in [1.82, 2.24) is 10.4 Å². The summed E-state index contributed by atoms with van der Waals surface area (Å²) >= 11 is 1.65. The third-order valence-electron chi connectivity index (χ3n) is 2.31.